The van der Waals surface area contributed by atoms with E-state index in [-0.39, 0.29) is 12.3 Å². The summed E-state index contributed by atoms with van der Waals surface area (Å²) in [6.07, 6.45) is 7.01. The molecule has 0 saturated carbocycles. The summed E-state index contributed by atoms with van der Waals surface area (Å²) in [5.41, 5.74) is 0. The molecule has 0 spiro atoms. The fourth-order valence-corrected chi connectivity index (χ4v) is 1.37. The van der Waals surface area contributed by atoms with Gasteiger partial charge in [0, 0.05) is 6.42 Å². The number of carboxylic acid groups (broad SMARTS) is 1. The fourth-order valence-electron chi connectivity index (χ4n) is 1.37. The van der Waals surface area contributed by atoms with Crippen LogP contribution in [0.3, 0.4) is 0 Å². The first-order valence-corrected chi connectivity index (χ1v) is 4.11. The summed E-state index contributed by atoms with van der Waals surface area (Å²) in [6.45, 7) is 0. The average molecular weight is 167 g/mol. The molecule has 0 fully saturated rings. The van der Waals surface area contributed by atoms with Crippen LogP contribution in [0.15, 0.2) is 12.2 Å². The molecule has 0 radical (unpaired) electrons. The summed E-state index contributed by atoms with van der Waals surface area (Å²) in [7, 11) is 0. The van der Waals surface area contributed by atoms with Gasteiger partial charge in [-0.15, -0.1) is 0 Å². The molecule has 0 N–H and O–H groups in total. The molecule has 0 aromatic rings. The number of allylic oxidation sites excluding steroid dienone is 2. The number of aliphatic carboxylic acids is 1. The van der Waals surface area contributed by atoms with Crippen LogP contribution in [-0.2, 0) is 9.59 Å². The molecule has 3 heteroatoms. The highest BCUT2D eigenvalue weighted by Gasteiger charge is 2.13. The van der Waals surface area contributed by atoms with Crippen molar-refractivity contribution >= 4 is 11.8 Å². The van der Waals surface area contributed by atoms with Gasteiger partial charge in [-0.3, -0.25) is 4.79 Å². The van der Waals surface area contributed by atoms with Crippen molar-refractivity contribution in [3.8, 4) is 0 Å². The van der Waals surface area contributed by atoms with Gasteiger partial charge in [0.2, 0.25) is 0 Å². The van der Waals surface area contributed by atoms with Crippen molar-refractivity contribution in [2.24, 2.45) is 5.92 Å². The number of carbonyl (C=O) groups excluding carboxylic acids is 2. The Morgan fingerprint density at radius 1 is 1.50 bits per heavy atom. The van der Waals surface area contributed by atoms with Crippen LogP contribution in [0.25, 0.3) is 0 Å². The van der Waals surface area contributed by atoms with Crippen molar-refractivity contribution in [1.82, 2.24) is 0 Å². The zero-order valence-electron chi connectivity index (χ0n) is 6.79. The second-order valence-electron chi connectivity index (χ2n) is 3.03. The molecule has 1 rings (SSSR count). The highest BCUT2D eigenvalue weighted by molar-refractivity contribution is 6.31. The van der Waals surface area contributed by atoms with E-state index in [2.05, 4.69) is 0 Å². The summed E-state index contributed by atoms with van der Waals surface area (Å²) in [6, 6.07) is 0. The molecule has 0 aromatic heterocycles. The van der Waals surface area contributed by atoms with Gasteiger partial charge in [-0.05, 0) is 25.2 Å². The van der Waals surface area contributed by atoms with E-state index in [1.165, 1.54) is 0 Å². The van der Waals surface area contributed by atoms with Gasteiger partial charge in [0.15, 0.2) is 5.78 Å². The van der Waals surface area contributed by atoms with E-state index >= 15 is 0 Å². The first-order valence-electron chi connectivity index (χ1n) is 4.11. The van der Waals surface area contributed by atoms with Crippen LogP contribution in [0, 0.1) is 5.92 Å². The van der Waals surface area contributed by atoms with Gasteiger partial charge in [0.25, 0.3) is 0 Å². The zero-order chi connectivity index (χ0) is 8.97. The average Bonchev–Trinajstić information content (AvgIpc) is 2.06. The van der Waals surface area contributed by atoms with E-state index in [9.17, 15) is 14.7 Å². The molecule has 0 aliphatic heterocycles. The monoisotopic (exact) mass is 167 g/mol. The van der Waals surface area contributed by atoms with E-state index in [4.69, 9.17) is 0 Å². The first kappa shape index (κ1) is 8.97. The lowest BCUT2D eigenvalue weighted by atomic mass is 9.91. The van der Waals surface area contributed by atoms with Crippen LogP contribution in [0.4, 0.5) is 0 Å². The molecule has 0 unspecified atom stereocenters. The van der Waals surface area contributed by atoms with E-state index in [1.807, 2.05) is 12.2 Å². The Bertz CT molecular complexity index is 218. The maximum Gasteiger partial charge on any atom is 0.178 e. The predicted octanol–water partition coefficient (Wildman–Crippen LogP) is 0.0518. The lowest BCUT2D eigenvalue weighted by Gasteiger charge is -2.15. The summed E-state index contributed by atoms with van der Waals surface area (Å²) in [4.78, 5) is 20.8. The Labute approximate surface area is 71.1 Å². The molecule has 0 amide bonds. The third kappa shape index (κ3) is 2.49. The van der Waals surface area contributed by atoms with E-state index in [1.54, 1.807) is 0 Å². The third-order valence-corrected chi connectivity index (χ3v) is 2.03. The van der Waals surface area contributed by atoms with Crippen molar-refractivity contribution in [2.75, 3.05) is 0 Å². The number of carboxylic acids is 1. The van der Waals surface area contributed by atoms with E-state index in [0.29, 0.717) is 0 Å². The van der Waals surface area contributed by atoms with E-state index in [0.717, 1.165) is 19.3 Å². The predicted molar refractivity (Wildman–Crippen MR) is 41.1 cm³/mol. The van der Waals surface area contributed by atoms with Crippen LogP contribution < -0.4 is 5.11 Å². The quantitative estimate of drug-likeness (QED) is 0.441. The van der Waals surface area contributed by atoms with Crippen molar-refractivity contribution in [3.05, 3.63) is 12.2 Å². The molecule has 12 heavy (non-hydrogen) atoms. The summed E-state index contributed by atoms with van der Waals surface area (Å²) >= 11 is 0. The normalized spacial score (nSPS) is 22.2. The Hall–Kier alpha value is -1.12. The van der Waals surface area contributed by atoms with Crippen molar-refractivity contribution < 1.29 is 14.7 Å². The van der Waals surface area contributed by atoms with Crippen LogP contribution >= 0.6 is 0 Å². The van der Waals surface area contributed by atoms with Gasteiger partial charge in [-0.1, -0.05) is 12.2 Å². The van der Waals surface area contributed by atoms with Crippen molar-refractivity contribution in [2.45, 2.75) is 25.7 Å². The number of ketones is 1. The standard InChI is InChI=1S/C9H12O3/c10-8(9(11)12)6-7-4-2-1-3-5-7/h2,4,7H,1,3,5-6H2,(H,11,12)/p-1/t7-/m0/s1. The number of hydrogen-bond acceptors (Lipinski definition) is 3. The van der Waals surface area contributed by atoms with Gasteiger partial charge in [0.05, 0.1) is 0 Å². The zero-order valence-corrected chi connectivity index (χ0v) is 6.79. The molecule has 3 nitrogen and oxygen atoms in total. The highest BCUT2D eigenvalue weighted by atomic mass is 16.4. The molecule has 0 heterocycles. The van der Waals surface area contributed by atoms with Crippen molar-refractivity contribution in [3.63, 3.8) is 0 Å². The smallest absolute Gasteiger partial charge is 0.178 e. The Morgan fingerprint density at radius 2 is 2.25 bits per heavy atom. The topological polar surface area (TPSA) is 57.2 Å². The molecular formula is C9H11O3-. The molecule has 1 aliphatic carbocycles. The lowest BCUT2D eigenvalue weighted by molar-refractivity contribution is -0.300. The number of carbonyl (C=O) groups is 2. The number of rotatable bonds is 3. The summed E-state index contributed by atoms with van der Waals surface area (Å²) < 4.78 is 0. The van der Waals surface area contributed by atoms with Gasteiger partial charge >= 0.3 is 0 Å². The molecule has 66 valence electrons. The van der Waals surface area contributed by atoms with Crippen LogP contribution in [0.5, 0.6) is 0 Å². The maximum absolute atomic E-state index is 10.7. The molecular weight excluding hydrogens is 156 g/mol. The maximum atomic E-state index is 10.7. The minimum Gasteiger partial charge on any atom is -0.542 e. The number of hydrogen-bond donors (Lipinski definition) is 0. The Morgan fingerprint density at radius 3 is 2.75 bits per heavy atom. The minimum absolute atomic E-state index is 0.0961. The number of Topliss-reactive ketones (excluding diaryl/α,β-unsaturated/α-hetero) is 1. The highest BCUT2D eigenvalue weighted by Crippen LogP contribution is 2.19. The van der Waals surface area contributed by atoms with Gasteiger partial charge < -0.3 is 9.90 Å². The largest absolute Gasteiger partial charge is 0.542 e. The van der Waals surface area contributed by atoms with Gasteiger partial charge in [-0.2, -0.15) is 0 Å². The fraction of sp³-hybridized carbons (Fsp3) is 0.556. The minimum atomic E-state index is -1.56. The van der Waals surface area contributed by atoms with Crippen LogP contribution in [0.2, 0.25) is 0 Å². The van der Waals surface area contributed by atoms with Gasteiger partial charge in [-0.25, -0.2) is 0 Å². The van der Waals surface area contributed by atoms with Crippen molar-refractivity contribution in [1.29, 1.82) is 0 Å². The summed E-state index contributed by atoms with van der Waals surface area (Å²) in [5.74, 6) is -2.23. The van der Waals surface area contributed by atoms with Gasteiger partial charge in [0.1, 0.15) is 5.97 Å². The van der Waals surface area contributed by atoms with Crippen LogP contribution in [0.1, 0.15) is 25.7 Å². The second-order valence-corrected chi connectivity index (χ2v) is 3.03. The Balaban J connectivity index is 2.40. The SMILES string of the molecule is O=C([O-])C(=O)C[C@H]1C=CCCC1. The molecule has 1 atom stereocenters. The molecule has 1 aliphatic rings. The van der Waals surface area contributed by atoms with Crippen LogP contribution in [-0.4, -0.2) is 11.8 Å². The lowest BCUT2D eigenvalue weighted by Crippen LogP contribution is -2.32. The third-order valence-electron chi connectivity index (χ3n) is 2.03. The molecule has 0 saturated heterocycles. The Kier molecular flexibility index (Phi) is 3.02. The van der Waals surface area contributed by atoms with E-state index < -0.39 is 11.8 Å². The molecule has 0 aromatic carbocycles. The first-order chi connectivity index (χ1) is 5.70. The summed E-state index contributed by atoms with van der Waals surface area (Å²) in [5, 5.41) is 10.1. The molecule has 0 bridgehead atoms. The second kappa shape index (κ2) is 4.04.